The fraction of sp³-hybridized carbons (Fsp3) is 0.417. The van der Waals surface area contributed by atoms with Gasteiger partial charge in [0.25, 0.3) is 0 Å². The molecule has 2 fully saturated rings. The highest BCUT2D eigenvalue weighted by Gasteiger charge is 2.24. The molecule has 0 unspecified atom stereocenters. The van der Waals surface area contributed by atoms with Gasteiger partial charge in [-0.05, 0) is 69.9 Å². The van der Waals surface area contributed by atoms with Crippen molar-refractivity contribution in [3.63, 3.8) is 0 Å². The highest BCUT2D eigenvalue weighted by molar-refractivity contribution is 6.17. The summed E-state index contributed by atoms with van der Waals surface area (Å²) in [7, 11) is 2.16. The first-order valence-electron chi connectivity index (χ1n) is 11.3. The molecule has 8 heteroatoms. The van der Waals surface area contributed by atoms with Crippen LogP contribution in [0.1, 0.15) is 36.8 Å². The van der Waals surface area contributed by atoms with Crippen molar-refractivity contribution in [1.82, 2.24) is 19.9 Å². The number of nitrogen functional groups attached to an aromatic ring is 1. The zero-order valence-corrected chi connectivity index (χ0v) is 18.3. The SMILES string of the molecule is CN1CCC(CNc2ncnc(N)c2C(=N)c2ccc3nc(OC4CC4)ccc3c2)CC1. The molecule has 5 rings (SSSR count). The number of nitrogens with zero attached hydrogens (tertiary/aromatic N) is 4. The van der Waals surface area contributed by atoms with Crippen LogP contribution in [0.3, 0.4) is 0 Å². The van der Waals surface area contributed by atoms with Crippen molar-refractivity contribution in [2.45, 2.75) is 31.8 Å². The van der Waals surface area contributed by atoms with Gasteiger partial charge in [-0.25, -0.2) is 15.0 Å². The third-order valence-corrected chi connectivity index (χ3v) is 6.29. The molecule has 4 N–H and O–H groups in total. The van der Waals surface area contributed by atoms with E-state index in [2.05, 4.69) is 32.2 Å². The van der Waals surface area contributed by atoms with Gasteiger partial charge in [0.2, 0.25) is 5.88 Å². The normalized spacial score (nSPS) is 17.4. The molecule has 3 aromatic rings. The van der Waals surface area contributed by atoms with Crippen LogP contribution in [0.15, 0.2) is 36.7 Å². The molecule has 1 aliphatic heterocycles. The van der Waals surface area contributed by atoms with Crippen molar-refractivity contribution in [1.29, 1.82) is 5.41 Å². The molecule has 0 spiro atoms. The molecule has 0 radical (unpaired) electrons. The van der Waals surface area contributed by atoms with E-state index in [9.17, 15) is 0 Å². The summed E-state index contributed by atoms with van der Waals surface area (Å²) in [5.41, 5.74) is 8.64. The maximum absolute atomic E-state index is 8.87. The quantitative estimate of drug-likeness (QED) is 0.492. The summed E-state index contributed by atoms with van der Waals surface area (Å²) in [5.74, 6) is 2.17. The highest BCUT2D eigenvalue weighted by atomic mass is 16.5. The van der Waals surface area contributed by atoms with E-state index in [1.54, 1.807) is 0 Å². The number of fused-ring (bicyclic) bond motifs is 1. The zero-order valence-electron chi connectivity index (χ0n) is 18.3. The lowest BCUT2D eigenvalue weighted by Gasteiger charge is -2.29. The number of rotatable bonds is 7. The number of pyridine rings is 1. The van der Waals surface area contributed by atoms with E-state index in [-0.39, 0.29) is 0 Å². The molecule has 0 amide bonds. The molecule has 1 aliphatic carbocycles. The first kappa shape index (κ1) is 20.6. The number of nitrogens with one attached hydrogen (secondary N) is 2. The minimum absolute atomic E-state index is 0.300. The number of benzene rings is 1. The molecule has 1 saturated heterocycles. The maximum Gasteiger partial charge on any atom is 0.214 e. The van der Waals surface area contributed by atoms with Crippen LogP contribution in [-0.2, 0) is 0 Å². The van der Waals surface area contributed by atoms with Gasteiger partial charge in [-0.15, -0.1) is 0 Å². The molecule has 32 heavy (non-hydrogen) atoms. The number of hydrogen-bond donors (Lipinski definition) is 3. The number of hydrogen-bond acceptors (Lipinski definition) is 8. The molecule has 2 aliphatic rings. The average molecular weight is 432 g/mol. The van der Waals surface area contributed by atoms with Gasteiger partial charge in [-0.1, -0.05) is 6.07 Å². The number of anilines is 2. The summed E-state index contributed by atoms with van der Waals surface area (Å²) >= 11 is 0. The fourth-order valence-corrected chi connectivity index (χ4v) is 4.12. The lowest BCUT2D eigenvalue weighted by atomic mass is 9.97. The van der Waals surface area contributed by atoms with Crippen LogP contribution < -0.4 is 15.8 Å². The Labute approximate surface area is 187 Å². The predicted octanol–water partition coefficient (Wildman–Crippen LogP) is 3.32. The standard InChI is InChI=1S/C24H29N7O/c1-31-10-8-15(9-11-31)13-27-24-21(23(26)28-14-29-24)22(25)17-2-6-19-16(12-17)3-7-20(30-19)32-18-4-5-18/h2-3,6-7,12,14-15,18,25H,4-5,8-11,13H2,1H3,(H3,26,27,28,29). The number of piperidine rings is 1. The molecule has 1 saturated carbocycles. The summed E-state index contributed by atoms with van der Waals surface area (Å²) < 4.78 is 5.80. The first-order chi connectivity index (χ1) is 15.6. The molecule has 8 nitrogen and oxygen atoms in total. The van der Waals surface area contributed by atoms with E-state index in [0.717, 1.165) is 61.8 Å². The molecule has 166 valence electrons. The molecule has 2 aromatic heterocycles. The first-order valence-corrected chi connectivity index (χ1v) is 11.3. The van der Waals surface area contributed by atoms with Crippen molar-refractivity contribution < 1.29 is 4.74 Å². The van der Waals surface area contributed by atoms with E-state index in [0.29, 0.717) is 40.8 Å². The van der Waals surface area contributed by atoms with Crippen LogP contribution in [0.2, 0.25) is 0 Å². The smallest absolute Gasteiger partial charge is 0.214 e. The summed E-state index contributed by atoms with van der Waals surface area (Å²) in [6.07, 6.45) is 6.28. The number of nitrogens with two attached hydrogens (primary N) is 1. The minimum atomic E-state index is 0.300. The lowest BCUT2D eigenvalue weighted by Crippen LogP contribution is -2.33. The predicted molar refractivity (Wildman–Crippen MR) is 126 cm³/mol. The Morgan fingerprint density at radius 2 is 1.97 bits per heavy atom. The largest absolute Gasteiger partial charge is 0.474 e. The van der Waals surface area contributed by atoms with Crippen LogP contribution in [0.4, 0.5) is 11.6 Å². The molecule has 3 heterocycles. The third-order valence-electron chi connectivity index (χ3n) is 6.29. The molecule has 0 bridgehead atoms. The van der Waals surface area contributed by atoms with Crippen LogP contribution >= 0.6 is 0 Å². The molecule has 0 atom stereocenters. The van der Waals surface area contributed by atoms with Gasteiger partial charge in [0.1, 0.15) is 24.1 Å². The number of aromatic nitrogens is 3. The van der Waals surface area contributed by atoms with E-state index >= 15 is 0 Å². The van der Waals surface area contributed by atoms with Gasteiger partial charge < -0.3 is 20.7 Å². The Hall–Kier alpha value is -3.26. The summed E-state index contributed by atoms with van der Waals surface area (Å²) in [6, 6.07) is 9.65. The van der Waals surface area contributed by atoms with E-state index in [1.165, 1.54) is 6.33 Å². The van der Waals surface area contributed by atoms with Crippen LogP contribution in [-0.4, -0.2) is 58.3 Å². The van der Waals surface area contributed by atoms with Crippen molar-refractivity contribution in [3.05, 3.63) is 47.8 Å². The summed E-state index contributed by atoms with van der Waals surface area (Å²) in [4.78, 5) is 15.5. The Kier molecular flexibility index (Phi) is 5.61. The highest BCUT2D eigenvalue weighted by Crippen LogP contribution is 2.28. The van der Waals surface area contributed by atoms with Gasteiger partial charge in [-0.2, -0.15) is 0 Å². The van der Waals surface area contributed by atoms with Gasteiger partial charge in [0, 0.05) is 23.6 Å². The van der Waals surface area contributed by atoms with Gasteiger partial charge in [0.15, 0.2) is 0 Å². The lowest BCUT2D eigenvalue weighted by molar-refractivity contribution is 0.226. The van der Waals surface area contributed by atoms with E-state index < -0.39 is 0 Å². The van der Waals surface area contributed by atoms with Gasteiger partial charge >= 0.3 is 0 Å². The number of ether oxygens (including phenoxy) is 1. The van der Waals surface area contributed by atoms with Crippen molar-refractivity contribution >= 4 is 28.3 Å². The van der Waals surface area contributed by atoms with E-state index in [4.69, 9.17) is 15.9 Å². The summed E-state index contributed by atoms with van der Waals surface area (Å²) in [5, 5.41) is 13.3. The van der Waals surface area contributed by atoms with Gasteiger partial charge in [0.05, 0.1) is 16.8 Å². The van der Waals surface area contributed by atoms with Crippen molar-refractivity contribution in [2.75, 3.05) is 37.7 Å². The summed E-state index contributed by atoms with van der Waals surface area (Å²) in [6.45, 7) is 3.04. The van der Waals surface area contributed by atoms with Crippen molar-refractivity contribution in [2.24, 2.45) is 5.92 Å². The Balaban J connectivity index is 1.36. The third kappa shape index (κ3) is 4.50. The second-order valence-electron chi connectivity index (χ2n) is 8.86. The van der Waals surface area contributed by atoms with Crippen LogP contribution in [0, 0.1) is 11.3 Å². The van der Waals surface area contributed by atoms with Crippen LogP contribution in [0.5, 0.6) is 5.88 Å². The Morgan fingerprint density at radius 1 is 1.16 bits per heavy atom. The van der Waals surface area contributed by atoms with E-state index in [1.807, 2.05) is 30.3 Å². The Bertz CT molecular complexity index is 1140. The fourth-order valence-electron chi connectivity index (χ4n) is 4.12. The second-order valence-corrected chi connectivity index (χ2v) is 8.86. The molecule has 1 aromatic carbocycles. The average Bonchev–Trinajstić information content (AvgIpc) is 3.62. The monoisotopic (exact) mass is 431 g/mol. The van der Waals surface area contributed by atoms with Crippen LogP contribution in [0.25, 0.3) is 10.9 Å². The molecular formula is C24H29N7O. The second kappa shape index (κ2) is 8.70. The van der Waals surface area contributed by atoms with Crippen molar-refractivity contribution in [3.8, 4) is 5.88 Å². The minimum Gasteiger partial charge on any atom is -0.474 e. The Morgan fingerprint density at radius 3 is 2.75 bits per heavy atom. The zero-order chi connectivity index (χ0) is 22.1. The number of likely N-dealkylation sites (tertiary alicyclic amines) is 1. The topological polar surface area (TPSA) is 113 Å². The van der Waals surface area contributed by atoms with Gasteiger partial charge in [-0.3, -0.25) is 5.41 Å². The molecular weight excluding hydrogens is 402 g/mol. The maximum atomic E-state index is 8.87.